The van der Waals surface area contributed by atoms with Crippen molar-refractivity contribution in [3.63, 3.8) is 0 Å². The summed E-state index contributed by atoms with van der Waals surface area (Å²) in [6.07, 6.45) is 4.99. The van der Waals surface area contributed by atoms with Crippen LogP contribution in [0.25, 0.3) is 11.4 Å². The highest BCUT2D eigenvalue weighted by atomic mass is 16.5. The summed E-state index contributed by atoms with van der Waals surface area (Å²) in [4.78, 5) is 23.0. The number of carbonyl (C=O) groups is 1. The van der Waals surface area contributed by atoms with E-state index in [4.69, 9.17) is 4.52 Å². The van der Waals surface area contributed by atoms with Gasteiger partial charge in [0.15, 0.2) is 0 Å². The van der Waals surface area contributed by atoms with Gasteiger partial charge in [0, 0.05) is 30.1 Å². The van der Waals surface area contributed by atoms with Gasteiger partial charge in [-0.3, -0.25) is 9.78 Å². The zero-order chi connectivity index (χ0) is 16.4. The van der Waals surface area contributed by atoms with Crippen LogP contribution in [0.5, 0.6) is 0 Å². The summed E-state index contributed by atoms with van der Waals surface area (Å²) >= 11 is 0. The van der Waals surface area contributed by atoms with E-state index in [9.17, 15) is 4.79 Å². The minimum absolute atomic E-state index is 0.0284. The molecule has 3 aromatic rings. The Labute approximate surface area is 139 Å². The predicted molar refractivity (Wildman–Crippen MR) is 87.0 cm³/mol. The van der Waals surface area contributed by atoms with Gasteiger partial charge in [0.1, 0.15) is 6.04 Å². The molecule has 3 heterocycles. The SMILES string of the molecule is O=C(c1ccncc1)N1CCC[C@H]1c1nc(-c2ccccc2)no1. The van der Waals surface area contributed by atoms with E-state index >= 15 is 0 Å². The van der Waals surface area contributed by atoms with Gasteiger partial charge in [-0.2, -0.15) is 4.98 Å². The number of rotatable bonds is 3. The van der Waals surface area contributed by atoms with Crippen LogP contribution < -0.4 is 0 Å². The molecule has 1 atom stereocenters. The Hall–Kier alpha value is -3.02. The number of likely N-dealkylation sites (tertiary alicyclic amines) is 1. The van der Waals surface area contributed by atoms with E-state index in [0.717, 1.165) is 18.4 Å². The first kappa shape index (κ1) is 14.6. The Bertz CT molecular complexity index is 832. The molecule has 0 saturated carbocycles. The smallest absolute Gasteiger partial charge is 0.254 e. The van der Waals surface area contributed by atoms with Crippen LogP contribution in [0.4, 0.5) is 0 Å². The monoisotopic (exact) mass is 320 g/mol. The predicted octanol–water partition coefficient (Wildman–Crippen LogP) is 3.11. The lowest BCUT2D eigenvalue weighted by molar-refractivity contribution is 0.0710. The van der Waals surface area contributed by atoms with Crippen molar-refractivity contribution in [3.8, 4) is 11.4 Å². The van der Waals surface area contributed by atoms with Crippen molar-refractivity contribution in [3.05, 3.63) is 66.3 Å². The summed E-state index contributed by atoms with van der Waals surface area (Å²) < 4.78 is 5.45. The molecule has 1 aliphatic rings. The minimum Gasteiger partial charge on any atom is -0.337 e. The molecular weight excluding hydrogens is 304 g/mol. The van der Waals surface area contributed by atoms with Gasteiger partial charge in [-0.25, -0.2) is 0 Å². The molecular formula is C18H16N4O2. The summed E-state index contributed by atoms with van der Waals surface area (Å²) in [7, 11) is 0. The topological polar surface area (TPSA) is 72.1 Å². The van der Waals surface area contributed by atoms with Crippen LogP contribution in [0.2, 0.25) is 0 Å². The largest absolute Gasteiger partial charge is 0.337 e. The molecule has 6 nitrogen and oxygen atoms in total. The van der Waals surface area contributed by atoms with Gasteiger partial charge in [-0.05, 0) is 25.0 Å². The van der Waals surface area contributed by atoms with E-state index in [0.29, 0.717) is 23.8 Å². The Kier molecular flexibility index (Phi) is 3.78. The number of hydrogen-bond donors (Lipinski definition) is 0. The molecule has 1 fully saturated rings. The molecule has 1 aliphatic heterocycles. The first-order valence-electron chi connectivity index (χ1n) is 7.93. The number of nitrogens with zero attached hydrogens (tertiary/aromatic N) is 4. The van der Waals surface area contributed by atoms with Crippen molar-refractivity contribution >= 4 is 5.91 Å². The molecule has 1 aromatic carbocycles. The number of benzene rings is 1. The molecule has 0 N–H and O–H groups in total. The van der Waals surface area contributed by atoms with Crippen molar-refractivity contribution in [2.75, 3.05) is 6.54 Å². The third kappa shape index (κ3) is 2.67. The number of aromatic nitrogens is 3. The van der Waals surface area contributed by atoms with Gasteiger partial charge in [0.25, 0.3) is 5.91 Å². The summed E-state index contributed by atoms with van der Waals surface area (Å²) in [5.41, 5.74) is 1.53. The lowest BCUT2D eigenvalue weighted by Crippen LogP contribution is -2.30. The summed E-state index contributed by atoms with van der Waals surface area (Å²) in [6.45, 7) is 0.689. The molecule has 2 aromatic heterocycles. The third-order valence-electron chi connectivity index (χ3n) is 4.20. The fraction of sp³-hybridized carbons (Fsp3) is 0.222. The van der Waals surface area contributed by atoms with Crippen LogP contribution in [-0.2, 0) is 0 Å². The summed E-state index contributed by atoms with van der Waals surface area (Å²) in [6, 6.07) is 12.9. The molecule has 0 bridgehead atoms. The fourth-order valence-corrected chi connectivity index (χ4v) is 3.00. The van der Waals surface area contributed by atoms with Crippen LogP contribution in [0, 0.1) is 0 Å². The van der Waals surface area contributed by atoms with Gasteiger partial charge in [0.05, 0.1) is 0 Å². The van der Waals surface area contributed by atoms with E-state index in [1.165, 1.54) is 0 Å². The lowest BCUT2D eigenvalue weighted by Gasteiger charge is -2.21. The van der Waals surface area contributed by atoms with Crippen LogP contribution >= 0.6 is 0 Å². The van der Waals surface area contributed by atoms with Crippen molar-refractivity contribution < 1.29 is 9.32 Å². The first-order chi connectivity index (χ1) is 11.8. The normalized spacial score (nSPS) is 17.2. The number of hydrogen-bond acceptors (Lipinski definition) is 5. The van der Waals surface area contributed by atoms with Crippen LogP contribution in [0.15, 0.2) is 59.4 Å². The highest BCUT2D eigenvalue weighted by Crippen LogP contribution is 2.33. The van der Waals surface area contributed by atoms with E-state index in [1.807, 2.05) is 30.3 Å². The zero-order valence-corrected chi connectivity index (χ0v) is 13.0. The van der Waals surface area contributed by atoms with Crippen LogP contribution in [0.1, 0.15) is 35.1 Å². The average molecular weight is 320 g/mol. The molecule has 0 radical (unpaired) electrons. The summed E-state index contributed by atoms with van der Waals surface area (Å²) in [5, 5.41) is 4.06. The van der Waals surface area contributed by atoms with Gasteiger partial charge < -0.3 is 9.42 Å². The first-order valence-corrected chi connectivity index (χ1v) is 7.93. The second kappa shape index (κ2) is 6.23. The number of pyridine rings is 1. The maximum Gasteiger partial charge on any atom is 0.254 e. The van der Waals surface area contributed by atoms with Crippen LogP contribution in [-0.4, -0.2) is 32.5 Å². The maximum atomic E-state index is 12.7. The van der Waals surface area contributed by atoms with Gasteiger partial charge >= 0.3 is 0 Å². The highest BCUT2D eigenvalue weighted by molar-refractivity contribution is 5.94. The number of carbonyl (C=O) groups excluding carboxylic acids is 1. The van der Waals surface area contributed by atoms with E-state index in [2.05, 4.69) is 15.1 Å². The average Bonchev–Trinajstić information content (AvgIpc) is 3.32. The molecule has 24 heavy (non-hydrogen) atoms. The molecule has 4 rings (SSSR count). The van der Waals surface area contributed by atoms with Gasteiger partial charge in [-0.15, -0.1) is 0 Å². The van der Waals surface area contributed by atoms with E-state index in [1.54, 1.807) is 29.4 Å². The highest BCUT2D eigenvalue weighted by Gasteiger charge is 2.34. The fourth-order valence-electron chi connectivity index (χ4n) is 3.00. The van der Waals surface area contributed by atoms with Crippen molar-refractivity contribution in [2.45, 2.75) is 18.9 Å². The second-order valence-electron chi connectivity index (χ2n) is 5.71. The molecule has 120 valence electrons. The standard InChI is InChI=1S/C18H16N4O2/c23-18(14-8-10-19-11-9-14)22-12-4-7-15(22)17-20-16(21-24-17)13-5-2-1-3-6-13/h1-3,5-6,8-11,15H,4,7,12H2/t15-/m0/s1. The molecule has 0 unspecified atom stereocenters. The van der Waals surface area contributed by atoms with Gasteiger partial charge in [-0.1, -0.05) is 35.5 Å². The molecule has 0 aliphatic carbocycles. The minimum atomic E-state index is -0.171. The number of amides is 1. The molecule has 1 saturated heterocycles. The quantitative estimate of drug-likeness (QED) is 0.741. The third-order valence-corrected chi connectivity index (χ3v) is 4.20. The Morgan fingerprint density at radius 2 is 1.92 bits per heavy atom. The van der Waals surface area contributed by atoms with E-state index in [-0.39, 0.29) is 11.9 Å². The lowest BCUT2D eigenvalue weighted by atomic mass is 10.2. The van der Waals surface area contributed by atoms with Crippen molar-refractivity contribution in [1.82, 2.24) is 20.0 Å². The maximum absolute atomic E-state index is 12.7. The summed E-state index contributed by atoms with van der Waals surface area (Å²) in [5.74, 6) is 1.02. The zero-order valence-electron chi connectivity index (χ0n) is 13.0. The second-order valence-corrected chi connectivity index (χ2v) is 5.71. The Morgan fingerprint density at radius 1 is 1.12 bits per heavy atom. The van der Waals surface area contributed by atoms with Crippen LogP contribution in [0.3, 0.4) is 0 Å². The van der Waals surface area contributed by atoms with Crippen molar-refractivity contribution in [1.29, 1.82) is 0 Å². The molecule has 0 spiro atoms. The van der Waals surface area contributed by atoms with E-state index < -0.39 is 0 Å². The van der Waals surface area contributed by atoms with Gasteiger partial charge in [0.2, 0.25) is 11.7 Å². The Balaban J connectivity index is 1.60. The van der Waals surface area contributed by atoms with Crippen molar-refractivity contribution in [2.24, 2.45) is 0 Å². The molecule has 6 heteroatoms. The Morgan fingerprint density at radius 3 is 2.71 bits per heavy atom. The molecule has 1 amide bonds.